The molecule has 0 saturated carbocycles. The summed E-state index contributed by atoms with van der Waals surface area (Å²) in [5.41, 5.74) is 4.96. The summed E-state index contributed by atoms with van der Waals surface area (Å²) in [5.74, 6) is -0.987. The van der Waals surface area contributed by atoms with E-state index in [-0.39, 0.29) is 24.1 Å². The van der Waals surface area contributed by atoms with Crippen LogP contribution in [0.25, 0.3) is 22.2 Å². The lowest BCUT2D eigenvalue weighted by atomic mass is 9.89. The highest BCUT2D eigenvalue weighted by atomic mass is 32.1. The van der Waals surface area contributed by atoms with Gasteiger partial charge in [0, 0.05) is 55.6 Å². The van der Waals surface area contributed by atoms with Gasteiger partial charge in [-0.1, -0.05) is 11.3 Å². The van der Waals surface area contributed by atoms with Crippen LogP contribution in [0.1, 0.15) is 23.1 Å². The van der Waals surface area contributed by atoms with E-state index in [4.69, 9.17) is 9.72 Å². The lowest BCUT2D eigenvalue weighted by Crippen LogP contribution is -2.48. The highest BCUT2D eigenvalue weighted by Gasteiger charge is 2.29. The molecule has 2 aromatic heterocycles. The van der Waals surface area contributed by atoms with Gasteiger partial charge in [-0.05, 0) is 61.7 Å². The molecule has 0 unspecified atom stereocenters. The number of ether oxygens (including phenoxy) is 1. The number of carbonyl (C=O) groups excluding carboxylic acids is 1. The Morgan fingerprint density at radius 3 is 2.54 bits per heavy atom. The Morgan fingerprint density at radius 1 is 1.12 bits per heavy atom. The summed E-state index contributed by atoms with van der Waals surface area (Å²) < 4.78 is 34.2. The second kappa shape index (κ2) is 11.0. The molecule has 0 bridgehead atoms. The van der Waals surface area contributed by atoms with Crippen LogP contribution >= 0.6 is 11.3 Å². The van der Waals surface area contributed by atoms with Gasteiger partial charge in [-0.3, -0.25) is 9.69 Å². The SMILES string of the molecule is CCOC(=O)CN1CCN(c2cc(F)c3nc4c(c(N(C)c5nc(-c6ccc(F)cc6)c(C#N)s5)c3c2)CC4)CC1. The molecule has 6 rings (SSSR count). The normalized spacial score (nSPS) is 14.9. The number of hydrogen-bond donors (Lipinski definition) is 0. The van der Waals surface area contributed by atoms with Gasteiger partial charge in [0.25, 0.3) is 0 Å². The number of pyridine rings is 1. The van der Waals surface area contributed by atoms with Gasteiger partial charge in [0.1, 0.15) is 28.0 Å². The number of benzene rings is 2. The third-order valence-electron chi connectivity index (χ3n) is 7.65. The third kappa shape index (κ3) is 5.09. The monoisotopic (exact) mass is 574 g/mol. The lowest BCUT2D eigenvalue weighted by Gasteiger charge is -2.36. The van der Waals surface area contributed by atoms with Crippen molar-refractivity contribution in [3.63, 3.8) is 0 Å². The summed E-state index contributed by atoms with van der Waals surface area (Å²) in [6.45, 7) is 5.01. The molecule has 0 spiro atoms. The van der Waals surface area contributed by atoms with E-state index in [2.05, 4.69) is 16.0 Å². The van der Waals surface area contributed by atoms with Crippen molar-refractivity contribution < 1.29 is 18.3 Å². The van der Waals surface area contributed by atoms with Crippen LogP contribution in [-0.4, -0.2) is 67.2 Å². The van der Waals surface area contributed by atoms with Gasteiger partial charge < -0.3 is 14.5 Å². The first-order valence-corrected chi connectivity index (χ1v) is 14.4. The van der Waals surface area contributed by atoms with Gasteiger partial charge in [0.15, 0.2) is 10.9 Å². The van der Waals surface area contributed by atoms with Gasteiger partial charge in [0.2, 0.25) is 0 Å². The molecule has 3 heterocycles. The molecule has 11 heteroatoms. The number of esters is 1. The molecule has 1 fully saturated rings. The van der Waals surface area contributed by atoms with Crippen molar-refractivity contribution in [2.45, 2.75) is 19.8 Å². The summed E-state index contributed by atoms with van der Waals surface area (Å²) >= 11 is 1.25. The summed E-state index contributed by atoms with van der Waals surface area (Å²) in [5, 5.41) is 11.1. The largest absolute Gasteiger partial charge is 0.465 e. The second-order valence-corrected chi connectivity index (χ2v) is 11.1. The lowest BCUT2D eigenvalue weighted by molar-refractivity contribution is -0.144. The van der Waals surface area contributed by atoms with E-state index in [1.54, 1.807) is 19.1 Å². The standard InChI is InChI=1S/C30H28F2N6O2S/c1-3-40-26(39)17-37-10-12-38(13-11-37)20-14-22-28(23(32)15-20)34-24-9-8-21(24)29(22)36(2)30-35-27(25(16-33)41-30)18-4-6-19(31)7-5-18/h4-7,14-15H,3,8-13,17H2,1-2H3. The number of thiazole rings is 1. The first-order valence-electron chi connectivity index (χ1n) is 13.5. The number of piperazine rings is 1. The Bertz CT molecular complexity index is 1680. The summed E-state index contributed by atoms with van der Waals surface area (Å²) in [6.07, 6.45) is 1.59. The minimum Gasteiger partial charge on any atom is -0.465 e. The van der Waals surface area contributed by atoms with Crippen LogP contribution in [-0.2, 0) is 22.4 Å². The van der Waals surface area contributed by atoms with Crippen molar-refractivity contribution >= 4 is 44.7 Å². The second-order valence-electron chi connectivity index (χ2n) is 10.1. The Labute approximate surface area is 240 Å². The minimum atomic E-state index is -0.389. The maximum atomic E-state index is 15.6. The molecule has 210 valence electrons. The molecule has 4 aromatic rings. The molecular weight excluding hydrogens is 546 g/mol. The zero-order valence-corrected chi connectivity index (χ0v) is 23.6. The molecule has 1 saturated heterocycles. The van der Waals surface area contributed by atoms with Crippen molar-refractivity contribution in [2.75, 3.05) is 56.2 Å². The van der Waals surface area contributed by atoms with Crippen molar-refractivity contribution in [1.82, 2.24) is 14.9 Å². The molecule has 0 radical (unpaired) electrons. The van der Waals surface area contributed by atoms with E-state index in [0.29, 0.717) is 65.0 Å². The molecule has 2 aromatic carbocycles. The average molecular weight is 575 g/mol. The van der Waals surface area contributed by atoms with Crippen LogP contribution in [0.2, 0.25) is 0 Å². The molecule has 0 N–H and O–H groups in total. The number of rotatable bonds is 7. The number of aromatic nitrogens is 2. The van der Waals surface area contributed by atoms with Crippen LogP contribution in [0, 0.1) is 23.0 Å². The number of nitrogens with zero attached hydrogens (tertiary/aromatic N) is 6. The highest BCUT2D eigenvalue weighted by molar-refractivity contribution is 7.16. The van der Waals surface area contributed by atoms with Gasteiger partial charge in [-0.25, -0.2) is 18.7 Å². The van der Waals surface area contributed by atoms with E-state index >= 15 is 4.39 Å². The number of nitriles is 1. The van der Waals surface area contributed by atoms with E-state index in [0.717, 1.165) is 35.5 Å². The van der Waals surface area contributed by atoms with Gasteiger partial charge in [-0.15, -0.1) is 0 Å². The van der Waals surface area contributed by atoms with E-state index in [1.165, 1.54) is 29.5 Å². The highest BCUT2D eigenvalue weighted by Crippen LogP contribution is 2.44. The van der Waals surface area contributed by atoms with Crippen LogP contribution < -0.4 is 9.80 Å². The molecular formula is C30H28F2N6O2S. The fourth-order valence-corrected chi connectivity index (χ4v) is 6.32. The number of anilines is 3. The first-order chi connectivity index (χ1) is 19.9. The topological polar surface area (TPSA) is 85.6 Å². The number of halogens is 2. The van der Waals surface area contributed by atoms with Crippen LogP contribution in [0.3, 0.4) is 0 Å². The first kappa shape index (κ1) is 27.1. The summed E-state index contributed by atoms with van der Waals surface area (Å²) in [7, 11) is 1.88. The van der Waals surface area contributed by atoms with Crippen molar-refractivity contribution in [2.24, 2.45) is 0 Å². The van der Waals surface area contributed by atoms with Crippen molar-refractivity contribution in [3.05, 3.63) is 64.2 Å². The van der Waals surface area contributed by atoms with E-state index in [1.807, 2.05) is 22.9 Å². The molecule has 1 aliphatic heterocycles. The Kier molecular flexibility index (Phi) is 7.28. The van der Waals surface area contributed by atoms with Gasteiger partial charge >= 0.3 is 5.97 Å². The smallest absolute Gasteiger partial charge is 0.320 e. The van der Waals surface area contributed by atoms with Crippen LogP contribution in [0.4, 0.5) is 25.3 Å². The fraction of sp³-hybridized carbons (Fsp3) is 0.333. The molecule has 2 aliphatic rings. The van der Waals surface area contributed by atoms with Crippen molar-refractivity contribution in [3.8, 4) is 17.3 Å². The number of carbonyl (C=O) groups is 1. The Hall–Kier alpha value is -4.14. The van der Waals surface area contributed by atoms with Crippen molar-refractivity contribution in [1.29, 1.82) is 5.26 Å². The average Bonchev–Trinajstić information content (AvgIpc) is 3.39. The molecule has 8 nitrogen and oxygen atoms in total. The Morgan fingerprint density at radius 2 is 1.88 bits per heavy atom. The molecule has 0 atom stereocenters. The van der Waals surface area contributed by atoms with E-state index in [9.17, 15) is 14.4 Å². The summed E-state index contributed by atoms with van der Waals surface area (Å²) in [4.78, 5) is 27.8. The zero-order valence-electron chi connectivity index (χ0n) is 22.8. The predicted octanol–water partition coefficient (Wildman–Crippen LogP) is 5.06. The third-order valence-corrected chi connectivity index (χ3v) is 8.69. The zero-order chi connectivity index (χ0) is 28.7. The van der Waals surface area contributed by atoms with E-state index < -0.39 is 0 Å². The van der Waals surface area contributed by atoms with Crippen LogP contribution in [0.15, 0.2) is 36.4 Å². The number of aryl methyl sites for hydroxylation is 1. The summed E-state index contributed by atoms with van der Waals surface area (Å²) in [6, 6.07) is 11.6. The predicted molar refractivity (Wildman–Crippen MR) is 155 cm³/mol. The fourth-order valence-electron chi connectivity index (χ4n) is 5.46. The number of hydrogen-bond acceptors (Lipinski definition) is 9. The van der Waals surface area contributed by atoms with Gasteiger partial charge in [0.05, 0.1) is 18.8 Å². The van der Waals surface area contributed by atoms with Gasteiger partial charge in [-0.2, -0.15) is 5.26 Å². The Balaban J connectivity index is 1.35. The quantitative estimate of drug-likeness (QED) is 0.283. The maximum absolute atomic E-state index is 15.6. The van der Waals surface area contributed by atoms with Crippen LogP contribution in [0.5, 0.6) is 0 Å². The molecule has 41 heavy (non-hydrogen) atoms. The number of fused-ring (bicyclic) bond motifs is 2. The minimum absolute atomic E-state index is 0.237. The maximum Gasteiger partial charge on any atom is 0.320 e. The molecule has 1 aliphatic carbocycles. The molecule has 0 amide bonds.